The van der Waals surface area contributed by atoms with E-state index in [1.54, 1.807) is 0 Å². The van der Waals surface area contributed by atoms with Crippen molar-refractivity contribution in [3.05, 3.63) is 157 Å². The van der Waals surface area contributed by atoms with Gasteiger partial charge in [0.25, 0.3) is 0 Å². The predicted molar refractivity (Wildman–Crippen MR) is 236 cm³/mol. The summed E-state index contributed by atoms with van der Waals surface area (Å²) in [5, 5.41) is 0. The van der Waals surface area contributed by atoms with Gasteiger partial charge in [-0.25, -0.2) is 12.1 Å². The largest absolute Gasteiger partial charge is 4.00 e. The number of rotatable bonds is 4. The number of nitrogens with zero attached hydrogens (tertiary/aromatic N) is 4. The number of aryl methyl sites for hydroxylation is 2. The molecule has 0 amide bonds. The first kappa shape index (κ1) is 41.4. The summed E-state index contributed by atoms with van der Waals surface area (Å²) >= 11 is 0. The molecule has 9 aromatic rings. The maximum Gasteiger partial charge on any atom is 4.00 e. The smallest absolute Gasteiger partial charge is 0.631 e. The number of fused-ring (bicyclic) bond motifs is 8. The molecule has 0 saturated heterocycles. The molecule has 0 atom stereocenters. The van der Waals surface area contributed by atoms with Gasteiger partial charge in [-0.15, -0.1) is 70.1 Å². The Labute approximate surface area is 405 Å². The van der Waals surface area contributed by atoms with Crippen LogP contribution in [-0.4, -0.2) is 22.6 Å². The zero-order valence-electron chi connectivity index (χ0n) is 35.7. The Kier molecular flexibility index (Phi) is 9.66. The van der Waals surface area contributed by atoms with Crippen molar-refractivity contribution < 1.29 is 74.6 Å². The van der Waals surface area contributed by atoms with Gasteiger partial charge in [0.2, 0.25) is 26.1 Å². The second-order valence-corrected chi connectivity index (χ2v) is 16.5. The maximum atomic E-state index is 6.52. The first-order valence-electron chi connectivity index (χ1n) is 20.8. The first-order valence-corrected chi connectivity index (χ1v) is 20.8. The van der Waals surface area contributed by atoms with E-state index < -0.39 is 0 Å². The van der Waals surface area contributed by atoms with Crippen molar-refractivity contribution in [2.45, 2.75) is 27.7 Å². The summed E-state index contributed by atoms with van der Waals surface area (Å²) in [6.45, 7) is 7.83. The third-order valence-corrected chi connectivity index (χ3v) is 13.1. The molecule has 0 radical (unpaired) electrons. The Morgan fingerprint density at radius 2 is 0.862 bits per heavy atom. The number of ether oxygens (including phenoxy) is 4. The van der Waals surface area contributed by atoms with E-state index >= 15 is 0 Å². The molecule has 9 nitrogen and oxygen atoms in total. The van der Waals surface area contributed by atoms with Gasteiger partial charge in [-0.2, -0.15) is 24.3 Å². The average Bonchev–Trinajstić information content (AvgIpc) is 3.98. The number of hydrogen-bond acceptors (Lipinski definition) is 5. The summed E-state index contributed by atoms with van der Waals surface area (Å²) in [5.41, 5.74) is 13.6. The van der Waals surface area contributed by atoms with E-state index in [4.69, 9.17) is 23.4 Å². The van der Waals surface area contributed by atoms with Gasteiger partial charge < -0.3 is 58.8 Å². The van der Waals surface area contributed by atoms with Gasteiger partial charge in [0.1, 0.15) is 23.0 Å². The van der Waals surface area contributed by atoms with E-state index in [9.17, 15) is 0 Å². The quantitative estimate of drug-likeness (QED) is 0.142. The van der Waals surface area contributed by atoms with Gasteiger partial charge in [-0.3, -0.25) is 0 Å². The van der Waals surface area contributed by atoms with Crippen LogP contribution in [0.25, 0.3) is 33.8 Å². The summed E-state index contributed by atoms with van der Waals surface area (Å²) < 4.78 is 40.3. The standard InChI is InChI=1S/C52H32B2N4O5.2Pt/c1-29-31(3)57(27-55(29)5)36-15-19-44-40(24-36)53-38-21-33(13-17-42(38)60-46-9-7-11-48(62-44)51(46)53)35-23-50(59-26-35)34-14-18-43-39(22-34)54-41-25-37(58-28-56(6)30(2)32(58)4)16-20-45(41)63-49-12-8-10-47(61-43)52(49)54;;/h7-20H,1-6H3;;/q-6;2*+4. The van der Waals surface area contributed by atoms with Crippen molar-refractivity contribution in [2.75, 3.05) is 0 Å². The van der Waals surface area contributed by atoms with E-state index in [0.29, 0.717) is 28.4 Å². The van der Waals surface area contributed by atoms with Crippen LogP contribution in [0.15, 0.2) is 89.3 Å². The van der Waals surface area contributed by atoms with Crippen LogP contribution in [0.3, 0.4) is 0 Å². The zero-order chi connectivity index (χ0) is 42.4. The van der Waals surface area contributed by atoms with Crippen molar-refractivity contribution >= 4 is 46.2 Å². The van der Waals surface area contributed by atoms with E-state index in [0.717, 1.165) is 107 Å². The minimum absolute atomic E-state index is 0. The molecule has 0 spiro atoms. The van der Waals surface area contributed by atoms with Crippen LogP contribution in [0.2, 0.25) is 0 Å². The van der Waals surface area contributed by atoms with Crippen LogP contribution in [0.4, 0.5) is 0 Å². The summed E-state index contributed by atoms with van der Waals surface area (Å²) in [6, 6.07) is 46.1. The molecule has 0 fully saturated rings. The third kappa shape index (κ3) is 6.15. The molecule has 0 saturated carbocycles. The van der Waals surface area contributed by atoms with Crippen LogP contribution < -0.4 is 60.9 Å². The Hall–Kier alpha value is -6.27. The van der Waals surface area contributed by atoms with Gasteiger partial charge >= 0.3 is 42.1 Å². The molecule has 0 aliphatic carbocycles. The van der Waals surface area contributed by atoms with Crippen molar-refractivity contribution in [3.63, 3.8) is 0 Å². The van der Waals surface area contributed by atoms with Crippen LogP contribution in [0.5, 0.6) is 46.0 Å². The molecular weight excluding hydrogens is 1170 g/mol. The minimum Gasteiger partial charge on any atom is -0.631 e. The second-order valence-electron chi connectivity index (χ2n) is 16.5. The Bertz CT molecular complexity index is 3230. The Balaban J connectivity index is 0.00000234. The summed E-state index contributed by atoms with van der Waals surface area (Å²) in [7, 11) is 4.00. The van der Waals surface area contributed by atoms with Gasteiger partial charge in [0, 0.05) is 56.7 Å². The van der Waals surface area contributed by atoms with E-state index in [2.05, 4.69) is 76.9 Å². The van der Waals surface area contributed by atoms with Gasteiger partial charge in [-0.1, -0.05) is 29.3 Å². The maximum absolute atomic E-state index is 6.52. The van der Waals surface area contributed by atoms with Crippen molar-refractivity contribution in [1.82, 2.24) is 9.13 Å². The number of imidazole rings is 2. The van der Waals surface area contributed by atoms with Crippen molar-refractivity contribution in [2.24, 2.45) is 14.1 Å². The topological polar surface area (TPSA) is 67.7 Å². The Morgan fingerprint density at radius 3 is 1.29 bits per heavy atom. The molecule has 0 unspecified atom stereocenters. The zero-order valence-corrected chi connectivity index (χ0v) is 40.2. The van der Waals surface area contributed by atoms with E-state index in [1.165, 1.54) is 0 Å². The molecule has 13 rings (SSSR count). The average molecular weight is 1200 g/mol. The summed E-state index contributed by atoms with van der Waals surface area (Å²) in [4.78, 5) is 0. The monoisotopic (exact) mass is 1200 g/mol. The van der Waals surface area contributed by atoms with Gasteiger partial charge in [-0.05, 0) is 52.0 Å². The van der Waals surface area contributed by atoms with Crippen LogP contribution in [0.1, 0.15) is 22.8 Å². The van der Waals surface area contributed by atoms with Crippen LogP contribution in [-0.2, 0) is 56.2 Å². The summed E-state index contributed by atoms with van der Waals surface area (Å²) in [6.07, 6.45) is 9.97. The van der Waals surface area contributed by atoms with Crippen molar-refractivity contribution in [1.29, 1.82) is 0 Å². The molecule has 314 valence electrons. The van der Waals surface area contributed by atoms with Crippen LogP contribution in [0, 0.1) is 76.9 Å². The number of hydrogen-bond donors (Lipinski definition) is 0. The normalized spacial score (nSPS) is 13.0. The fraction of sp³-hybridized carbons (Fsp3) is 0.115. The fourth-order valence-electron chi connectivity index (χ4n) is 9.42. The summed E-state index contributed by atoms with van der Waals surface area (Å²) in [5.74, 6) is 6.35. The molecule has 6 aromatic carbocycles. The van der Waals surface area contributed by atoms with Crippen molar-refractivity contribution in [3.8, 4) is 79.8 Å². The van der Waals surface area contributed by atoms with E-state index in [1.807, 2.05) is 117 Å². The molecule has 4 aliphatic rings. The number of benzene rings is 6. The predicted octanol–water partition coefficient (Wildman–Crippen LogP) is 4.93. The molecule has 0 N–H and O–H groups in total. The molecule has 4 aliphatic heterocycles. The second kappa shape index (κ2) is 15.2. The first-order chi connectivity index (χ1) is 30.7. The molecule has 13 heteroatoms. The van der Waals surface area contributed by atoms with E-state index in [-0.39, 0.29) is 55.6 Å². The third-order valence-electron chi connectivity index (χ3n) is 13.1. The SMILES string of the molecule is Cc1c(C)[n+](C)[c-]n1-c1[c-]c2c(cc1)Oc1cccc3c1B2c1[c-]c(-c2[c-]oc(-c4[c-]c5c(cc4)Oc4cccc6c4B5c4[c-]c(-n5[c-][n+](C)c(C)c5C)ccc4O6)[c-]2)ccc1O3.[Pt+4].[Pt+4]. The minimum atomic E-state index is -0.264. The Morgan fingerprint density at radius 1 is 0.462 bits per heavy atom. The fourth-order valence-corrected chi connectivity index (χ4v) is 9.42. The van der Waals surface area contributed by atoms with Crippen LogP contribution >= 0.6 is 0 Å². The molecular formula is C52H32B2N4O5Pt2+2. The molecule has 7 heterocycles. The molecule has 3 aromatic heterocycles. The number of furan rings is 1. The van der Waals surface area contributed by atoms with Gasteiger partial charge in [0.05, 0.1) is 14.1 Å². The molecule has 0 bridgehead atoms. The number of aromatic nitrogens is 4. The molecule has 65 heavy (non-hydrogen) atoms. The van der Waals surface area contributed by atoms with Gasteiger partial charge in [0.15, 0.2) is 0 Å².